The predicted molar refractivity (Wildman–Crippen MR) is 61.4 cm³/mol. The van der Waals surface area contributed by atoms with Crippen molar-refractivity contribution in [1.29, 1.82) is 0 Å². The van der Waals surface area contributed by atoms with Gasteiger partial charge in [-0.05, 0) is 25.9 Å². The van der Waals surface area contributed by atoms with Crippen molar-refractivity contribution < 1.29 is 0 Å². The Morgan fingerprint density at radius 2 is 1.94 bits per heavy atom. The van der Waals surface area contributed by atoms with Crippen LogP contribution in [0.15, 0.2) is 15.8 Å². The van der Waals surface area contributed by atoms with Gasteiger partial charge in [0.15, 0.2) is 0 Å². The van der Waals surface area contributed by atoms with Gasteiger partial charge in [0.2, 0.25) is 0 Å². The van der Waals surface area contributed by atoms with Crippen molar-refractivity contribution in [1.82, 2.24) is 14.5 Å². The van der Waals surface area contributed by atoms with E-state index >= 15 is 0 Å². The number of hydrogen-bond donors (Lipinski definition) is 2. The molecule has 0 aromatic carbocycles. The van der Waals surface area contributed by atoms with Gasteiger partial charge in [-0.1, -0.05) is 0 Å². The lowest BCUT2D eigenvalue weighted by molar-refractivity contribution is 0.319. The molecule has 6 heteroatoms. The van der Waals surface area contributed by atoms with Crippen molar-refractivity contribution in [2.24, 2.45) is 0 Å². The van der Waals surface area contributed by atoms with E-state index in [4.69, 9.17) is 5.73 Å². The van der Waals surface area contributed by atoms with Crippen LogP contribution in [0.25, 0.3) is 0 Å². The molecule has 1 aliphatic heterocycles. The summed E-state index contributed by atoms with van der Waals surface area (Å²) in [4.78, 5) is 27.0. The van der Waals surface area contributed by atoms with E-state index in [1.54, 1.807) is 0 Å². The highest BCUT2D eigenvalue weighted by atomic mass is 16.2. The first-order chi connectivity index (χ1) is 7.66. The van der Waals surface area contributed by atoms with E-state index in [-0.39, 0.29) is 5.69 Å². The number of likely N-dealkylation sites (tertiary alicyclic amines) is 1. The van der Waals surface area contributed by atoms with E-state index in [1.807, 2.05) is 0 Å². The molecule has 1 fully saturated rings. The highest BCUT2D eigenvalue weighted by Gasteiger charge is 2.11. The fourth-order valence-electron chi connectivity index (χ4n) is 1.95. The summed E-state index contributed by atoms with van der Waals surface area (Å²) in [5.41, 5.74) is 4.64. The largest absolute Gasteiger partial charge is 0.393 e. The van der Waals surface area contributed by atoms with Crippen LogP contribution in [0.3, 0.4) is 0 Å². The fourth-order valence-corrected chi connectivity index (χ4v) is 1.95. The molecule has 0 aliphatic carbocycles. The zero-order chi connectivity index (χ0) is 11.5. The number of nitrogen functional groups attached to an aromatic ring is 1. The van der Waals surface area contributed by atoms with E-state index in [9.17, 15) is 9.59 Å². The molecule has 3 N–H and O–H groups in total. The Morgan fingerprint density at radius 3 is 2.62 bits per heavy atom. The van der Waals surface area contributed by atoms with Crippen molar-refractivity contribution in [3.05, 3.63) is 27.0 Å². The number of nitrogens with zero attached hydrogens (tertiary/aromatic N) is 2. The lowest BCUT2D eigenvalue weighted by Crippen LogP contribution is -2.34. The van der Waals surface area contributed by atoms with Crippen LogP contribution in [0, 0.1) is 0 Å². The number of nitrogens with two attached hydrogens (primary N) is 1. The lowest BCUT2D eigenvalue weighted by atomic mass is 10.4. The third-order valence-electron chi connectivity index (χ3n) is 2.89. The van der Waals surface area contributed by atoms with E-state index in [0.29, 0.717) is 6.54 Å². The molecule has 1 aromatic rings. The van der Waals surface area contributed by atoms with Crippen LogP contribution in [0.4, 0.5) is 5.69 Å². The molecule has 0 radical (unpaired) electrons. The number of hydrogen-bond acceptors (Lipinski definition) is 4. The Morgan fingerprint density at radius 1 is 1.25 bits per heavy atom. The van der Waals surface area contributed by atoms with Gasteiger partial charge in [-0.2, -0.15) is 0 Å². The Balaban J connectivity index is 2.06. The van der Waals surface area contributed by atoms with Crippen molar-refractivity contribution in [2.45, 2.75) is 19.4 Å². The first-order valence-corrected chi connectivity index (χ1v) is 5.48. The predicted octanol–water partition coefficient (Wildman–Crippen LogP) is -0.785. The molecule has 2 heterocycles. The summed E-state index contributed by atoms with van der Waals surface area (Å²) in [6.07, 6.45) is 3.86. The summed E-state index contributed by atoms with van der Waals surface area (Å²) in [5, 5.41) is 0. The van der Waals surface area contributed by atoms with Crippen molar-refractivity contribution in [3.63, 3.8) is 0 Å². The van der Waals surface area contributed by atoms with Gasteiger partial charge in [0.25, 0.3) is 5.56 Å². The van der Waals surface area contributed by atoms with Gasteiger partial charge in [0, 0.05) is 19.3 Å². The Labute approximate surface area is 92.7 Å². The third kappa shape index (κ3) is 2.33. The molecule has 0 bridgehead atoms. The van der Waals surface area contributed by atoms with Gasteiger partial charge >= 0.3 is 5.69 Å². The van der Waals surface area contributed by atoms with Crippen LogP contribution < -0.4 is 17.0 Å². The molecule has 1 aromatic heterocycles. The van der Waals surface area contributed by atoms with Crippen molar-refractivity contribution in [2.75, 3.05) is 25.4 Å². The minimum atomic E-state index is -0.512. The van der Waals surface area contributed by atoms with Gasteiger partial charge in [-0.25, -0.2) is 4.79 Å². The van der Waals surface area contributed by atoms with E-state index in [1.165, 1.54) is 23.6 Å². The molecule has 2 rings (SSSR count). The van der Waals surface area contributed by atoms with Crippen LogP contribution in [-0.2, 0) is 6.54 Å². The van der Waals surface area contributed by atoms with E-state index in [2.05, 4.69) is 9.88 Å². The maximum atomic E-state index is 11.4. The molecule has 0 amide bonds. The van der Waals surface area contributed by atoms with Crippen molar-refractivity contribution in [3.8, 4) is 0 Å². The Hall–Kier alpha value is -1.56. The second kappa shape index (κ2) is 4.52. The summed E-state index contributed by atoms with van der Waals surface area (Å²) in [7, 11) is 0. The number of anilines is 1. The highest BCUT2D eigenvalue weighted by molar-refractivity contribution is 5.30. The third-order valence-corrected chi connectivity index (χ3v) is 2.89. The van der Waals surface area contributed by atoms with Gasteiger partial charge in [0.1, 0.15) is 5.69 Å². The van der Waals surface area contributed by atoms with Gasteiger partial charge in [0.05, 0.1) is 0 Å². The van der Waals surface area contributed by atoms with Gasteiger partial charge in [-0.15, -0.1) is 0 Å². The molecule has 88 valence electrons. The zero-order valence-electron chi connectivity index (χ0n) is 9.11. The second-order valence-corrected chi connectivity index (χ2v) is 4.09. The van der Waals surface area contributed by atoms with Crippen LogP contribution in [0.1, 0.15) is 12.8 Å². The molecule has 0 saturated carbocycles. The molecule has 1 saturated heterocycles. The zero-order valence-corrected chi connectivity index (χ0v) is 9.11. The molecular formula is C10H16N4O2. The first-order valence-electron chi connectivity index (χ1n) is 5.48. The molecule has 0 atom stereocenters. The van der Waals surface area contributed by atoms with Crippen LogP contribution >= 0.6 is 0 Å². The summed E-state index contributed by atoms with van der Waals surface area (Å²) >= 11 is 0. The van der Waals surface area contributed by atoms with Crippen LogP contribution in [0.5, 0.6) is 0 Å². The molecule has 0 unspecified atom stereocenters. The molecule has 0 spiro atoms. The van der Waals surface area contributed by atoms with E-state index in [0.717, 1.165) is 19.6 Å². The average molecular weight is 224 g/mol. The molecule has 6 nitrogen and oxygen atoms in total. The number of rotatable bonds is 3. The first kappa shape index (κ1) is 10.9. The number of nitrogens with one attached hydrogen (secondary N) is 1. The van der Waals surface area contributed by atoms with Crippen molar-refractivity contribution >= 4 is 5.69 Å². The number of aromatic nitrogens is 2. The topological polar surface area (TPSA) is 84.1 Å². The van der Waals surface area contributed by atoms with Crippen LogP contribution in [0.2, 0.25) is 0 Å². The summed E-state index contributed by atoms with van der Waals surface area (Å²) in [6.45, 7) is 3.58. The summed E-state index contributed by atoms with van der Waals surface area (Å²) in [5.74, 6) is 0. The average Bonchev–Trinajstić information content (AvgIpc) is 2.74. The minimum absolute atomic E-state index is 0.0843. The lowest BCUT2D eigenvalue weighted by Gasteiger charge is -2.15. The number of H-pyrrole nitrogens is 1. The molecule has 16 heavy (non-hydrogen) atoms. The maximum Gasteiger partial charge on any atom is 0.328 e. The van der Waals surface area contributed by atoms with E-state index < -0.39 is 11.2 Å². The molecule has 1 aliphatic rings. The smallest absolute Gasteiger partial charge is 0.328 e. The summed E-state index contributed by atoms with van der Waals surface area (Å²) < 4.78 is 1.45. The number of aromatic amines is 1. The Bertz CT molecular complexity index is 470. The minimum Gasteiger partial charge on any atom is -0.393 e. The van der Waals surface area contributed by atoms with Crippen LogP contribution in [-0.4, -0.2) is 34.1 Å². The quantitative estimate of drug-likeness (QED) is 0.705. The highest BCUT2D eigenvalue weighted by Crippen LogP contribution is 2.06. The monoisotopic (exact) mass is 224 g/mol. The fraction of sp³-hybridized carbons (Fsp3) is 0.600. The molecular weight excluding hydrogens is 208 g/mol. The summed E-state index contributed by atoms with van der Waals surface area (Å²) in [6, 6.07) is 0. The maximum absolute atomic E-state index is 11.4. The van der Waals surface area contributed by atoms with Gasteiger partial charge < -0.3 is 10.6 Å². The normalized spacial score (nSPS) is 16.8. The Kier molecular flexibility index (Phi) is 3.09. The SMILES string of the molecule is Nc1cn(CCN2CCCC2)c(=O)[nH]c1=O. The van der Waals surface area contributed by atoms with Gasteiger partial charge in [-0.3, -0.25) is 14.3 Å². The standard InChI is InChI=1S/C10H16N4O2/c11-8-7-14(10(16)12-9(8)15)6-5-13-3-1-2-4-13/h7H,1-6,11H2,(H,12,15,16). The second-order valence-electron chi connectivity index (χ2n) is 4.09.